The lowest BCUT2D eigenvalue weighted by atomic mass is 9.90. The van der Waals surface area contributed by atoms with E-state index in [0.29, 0.717) is 0 Å². The van der Waals surface area contributed by atoms with Crippen molar-refractivity contribution >= 4 is 5.71 Å². The first-order valence-electron chi connectivity index (χ1n) is 11.6. The summed E-state index contributed by atoms with van der Waals surface area (Å²) in [6.45, 7) is 3.46. The predicted molar refractivity (Wildman–Crippen MR) is 133 cm³/mol. The summed E-state index contributed by atoms with van der Waals surface area (Å²) in [7, 11) is 0. The van der Waals surface area contributed by atoms with E-state index in [-0.39, 0.29) is 45.5 Å². The highest BCUT2D eigenvalue weighted by atomic mass is 19.2. The fourth-order valence-electron chi connectivity index (χ4n) is 4.83. The number of allylic oxidation sites excluding steroid dienone is 1. The molecule has 204 valence electrons. The molecule has 0 spiro atoms. The zero-order chi connectivity index (χ0) is 30.5. The van der Waals surface area contributed by atoms with Crippen LogP contribution < -0.4 is 0 Å². The van der Waals surface area contributed by atoms with Gasteiger partial charge in [0.25, 0.3) is 17.8 Å². The number of halogens is 7. The molecule has 42 heavy (non-hydrogen) atoms. The molecule has 13 heteroatoms. The second kappa shape index (κ2) is 10.3. The first kappa shape index (κ1) is 27.7. The molecule has 4 aromatic rings. The van der Waals surface area contributed by atoms with E-state index in [2.05, 4.69) is 21.5 Å². The fourth-order valence-corrected chi connectivity index (χ4v) is 4.83. The van der Waals surface area contributed by atoms with Gasteiger partial charge in [0, 0.05) is 33.4 Å². The lowest BCUT2D eigenvalue weighted by Crippen LogP contribution is -2.06. The maximum absolute atomic E-state index is 15.2. The number of benzene rings is 2. The third-order valence-electron chi connectivity index (χ3n) is 6.55. The summed E-state index contributed by atoms with van der Waals surface area (Å²) >= 11 is 0. The number of aromatic nitrogens is 2. The van der Waals surface area contributed by atoms with Crippen LogP contribution in [0.1, 0.15) is 27.8 Å². The smallest absolute Gasteiger partial charge is 0.201 e. The SMILES string of the molecule is C=CCc1c(F)nc(F)c(F)c1-c1cc2c(cc1C#N)/C(=N\C#N)c1cc(C#N)c(-c3c(F)c(F)nc(F)c3F)cc1-2. The lowest BCUT2D eigenvalue weighted by Gasteiger charge is -2.14. The Kier molecular flexibility index (Phi) is 6.77. The predicted octanol–water partition coefficient (Wildman–Crippen LogP) is 6.56. The Labute approximate surface area is 231 Å². The Morgan fingerprint density at radius 1 is 0.643 bits per heavy atom. The van der Waals surface area contributed by atoms with Gasteiger partial charge in [-0.05, 0) is 41.8 Å². The number of nitriles is 3. The Morgan fingerprint density at radius 3 is 1.55 bits per heavy atom. The lowest BCUT2D eigenvalue weighted by molar-refractivity contribution is 0.410. The number of fused-ring (bicyclic) bond motifs is 3. The van der Waals surface area contributed by atoms with Crippen LogP contribution in [-0.2, 0) is 6.42 Å². The normalized spacial score (nSPS) is 12.3. The van der Waals surface area contributed by atoms with Crippen LogP contribution >= 0.6 is 0 Å². The van der Waals surface area contributed by atoms with Crippen molar-refractivity contribution in [2.24, 2.45) is 4.99 Å². The molecular formula is C29H9F7N6. The second-order valence-electron chi connectivity index (χ2n) is 8.72. The van der Waals surface area contributed by atoms with E-state index >= 15 is 4.39 Å². The first-order chi connectivity index (χ1) is 20.1. The van der Waals surface area contributed by atoms with Crippen LogP contribution in [0.3, 0.4) is 0 Å². The minimum atomic E-state index is -1.98. The van der Waals surface area contributed by atoms with Gasteiger partial charge >= 0.3 is 0 Å². The molecule has 0 radical (unpaired) electrons. The van der Waals surface area contributed by atoms with E-state index in [4.69, 9.17) is 0 Å². The quantitative estimate of drug-likeness (QED) is 0.105. The standard InChI is InChI=1S/C29H9F7N6/c1-2-3-13-20(22(30)27(34)41-26(13)33)14-6-16-17-7-15(21-23(31)28(35)42-29(36)24(21)32)12(9-38)5-19(17)25(40-10-39)18(16)4-11(14)8-37/h2,4-7H,1,3H2/b40-25+. The molecule has 0 aliphatic heterocycles. The van der Waals surface area contributed by atoms with Gasteiger partial charge in [-0.2, -0.15) is 48.3 Å². The minimum absolute atomic E-state index is 0.0177. The van der Waals surface area contributed by atoms with E-state index in [0.717, 1.165) is 24.3 Å². The second-order valence-corrected chi connectivity index (χ2v) is 8.72. The summed E-state index contributed by atoms with van der Waals surface area (Å²) in [5.41, 5.74) is -4.08. The highest BCUT2D eigenvalue weighted by molar-refractivity contribution is 6.26. The van der Waals surface area contributed by atoms with Crippen LogP contribution in [0.2, 0.25) is 0 Å². The van der Waals surface area contributed by atoms with Crippen LogP contribution in [0, 0.1) is 75.4 Å². The molecule has 0 amide bonds. The third-order valence-corrected chi connectivity index (χ3v) is 6.55. The molecule has 2 aromatic heterocycles. The van der Waals surface area contributed by atoms with Crippen molar-refractivity contribution in [3.63, 3.8) is 0 Å². The fraction of sp³-hybridized carbons (Fsp3) is 0.0345. The molecular weight excluding hydrogens is 565 g/mol. The summed E-state index contributed by atoms with van der Waals surface area (Å²) < 4.78 is 101. The maximum Gasteiger partial charge on any atom is 0.252 e. The summed E-state index contributed by atoms with van der Waals surface area (Å²) in [6, 6.07) is 7.78. The molecule has 0 atom stereocenters. The zero-order valence-corrected chi connectivity index (χ0v) is 20.6. The third kappa shape index (κ3) is 4.05. The minimum Gasteiger partial charge on any atom is -0.201 e. The van der Waals surface area contributed by atoms with Crippen LogP contribution in [0.4, 0.5) is 30.7 Å². The molecule has 0 unspecified atom stereocenters. The zero-order valence-electron chi connectivity index (χ0n) is 20.6. The highest BCUT2D eigenvalue weighted by Gasteiger charge is 2.33. The summed E-state index contributed by atoms with van der Waals surface area (Å²) in [5.74, 6) is -12.5. The van der Waals surface area contributed by atoms with Crippen LogP contribution in [0.5, 0.6) is 0 Å². The Hall–Kier alpha value is -5.87. The number of hydrogen-bond donors (Lipinski definition) is 0. The molecule has 0 bridgehead atoms. The monoisotopic (exact) mass is 574 g/mol. The molecule has 2 aromatic carbocycles. The van der Waals surface area contributed by atoms with Gasteiger partial charge in [-0.25, -0.2) is 13.2 Å². The average Bonchev–Trinajstić information content (AvgIpc) is 3.25. The summed E-state index contributed by atoms with van der Waals surface area (Å²) in [6.07, 6.45) is 2.43. The van der Waals surface area contributed by atoms with Crippen molar-refractivity contribution in [1.29, 1.82) is 15.8 Å². The largest absolute Gasteiger partial charge is 0.252 e. The van der Waals surface area contributed by atoms with Crippen molar-refractivity contribution in [3.8, 4) is 51.7 Å². The Morgan fingerprint density at radius 2 is 1.10 bits per heavy atom. The first-order valence-corrected chi connectivity index (χ1v) is 11.6. The van der Waals surface area contributed by atoms with E-state index < -0.39 is 69.1 Å². The van der Waals surface area contributed by atoms with Crippen molar-refractivity contribution in [3.05, 3.63) is 106 Å². The molecule has 5 rings (SSSR count). The average molecular weight is 574 g/mol. The van der Waals surface area contributed by atoms with Gasteiger partial charge < -0.3 is 0 Å². The summed E-state index contributed by atoms with van der Waals surface area (Å²) in [5, 5.41) is 28.9. The van der Waals surface area contributed by atoms with E-state index in [1.807, 2.05) is 0 Å². The van der Waals surface area contributed by atoms with Gasteiger partial charge in [-0.1, -0.05) is 6.08 Å². The molecule has 2 heterocycles. The molecule has 6 nitrogen and oxygen atoms in total. The van der Waals surface area contributed by atoms with Gasteiger partial charge in [0.15, 0.2) is 17.5 Å². The number of nitrogens with zero attached hydrogens (tertiary/aromatic N) is 6. The van der Waals surface area contributed by atoms with Crippen molar-refractivity contribution < 1.29 is 30.7 Å². The molecule has 1 aliphatic rings. The molecule has 1 aliphatic carbocycles. The van der Waals surface area contributed by atoms with E-state index in [1.54, 1.807) is 18.3 Å². The van der Waals surface area contributed by atoms with Crippen LogP contribution in [0.15, 0.2) is 41.9 Å². The van der Waals surface area contributed by atoms with Crippen LogP contribution in [-0.4, -0.2) is 15.7 Å². The topological polar surface area (TPSA) is 110 Å². The van der Waals surface area contributed by atoms with Crippen LogP contribution in [0.25, 0.3) is 33.4 Å². The maximum atomic E-state index is 15.2. The number of aliphatic imine (C=N–C) groups is 1. The van der Waals surface area contributed by atoms with Crippen molar-refractivity contribution in [1.82, 2.24) is 9.97 Å². The van der Waals surface area contributed by atoms with Gasteiger partial charge in [0.05, 0.1) is 34.5 Å². The van der Waals surface area contributed by atoms with Crippen molar-refractivity contribution in [2.45, 2.75) is 6.42 Å². The molecule has 0 N–H and O–H groups in total. The molecule has 0 fully saturated rings. The summed E-state index contributed by atoms with van der Waals surface area (Å²) in [4.78, 5) is 9.15. The van der Waals surface area contributed by atoms with E-state index in [9.17, 15) is 42.1 Å². The molecule has 0 saturated heterocycles. The Bertz CT molecular complexity index is 2020. The Balaban J connectivity index is 1.91. The number of hydrogen-bond acceptors (Lipinski definition) is 6. The van der Waals surface area contributed by atoms with Gasteiger partial charge in [-0.15, -0.1) is 6.58 Å². The number of rotatable bonds is 4. The van der Waals surface area contributed by atoms with Gasteiger partial charge in [0.2, 0.25) is 12.1 Å². The highest BCUT2D eigenvalue weighted by Crippen LogP contribution is 2.45. The number of pyridine rings is 2. The van der Waals surface area contributed by atoms with Gasteiger partial charge in [0.1, 0.15) is 0 Å². The van der Waals surface area contributed by atoms with E-state index in [1.165, 1.54) is 6.08 Å². The van der Waals surface area contributed by atoms with Crippen molar-refractivity contribution in [2.75, 3.05) is 0 Å². The van der Waals surface area contributed by atoms with Gasteiger partial charge in [-0.3, -0.25) is 0 Å². The molecule has 0 saturated carbocycles.